The Hall–Kier alpha value is -2.67. The number of nitrogens with two attached hydrogens (primary N) is 1. The first-order valence-electron chi connectivity index (χ1n) is 6.37. The topological polar surface area (TPSA) is 101 Å². The third-order valence-corrected chi connectivity index (χ3v) is 3.77. The molecule has 1 unspecified atom stereocenters. The second-order valence-corrected chi connectivity index (χ2v) is 5.88. The quantitative estimate of drug-likeness (QED) is 0.805. The van der Waals surface area contributed by atoms with Gasteiger partial charge in [0, 0.05) is 38.9 Å². The molecule has 6 nitrogen and oxygen atoms in total. The summed E-state index contributed by atoms with van der Waals surface area (Å²) < 4.78 is 11.3. The van der Waals surface area contributed by atoms with Crippen LogP contribution in [0.3, 0.4) is 0 Å². The van der Waals surface area contributed by atoms with E-state index in [2.05, 4.69) is 10.6 Å². The van der Waals surface area contributed by atoms with Gasteiger partial charge in [-0.25, -0.2) is 4.79 Å². The van der Waals surface area contributed by atoms with Crippen molar-refractivity contribution in [2.45, 2.75) is 4.90 Å². The molecule has 2 rings (SSSR count). The zero-order chi connectivity index (χ0) is 16.1. The number of amides is 3. The van der Waals surface area contributed by atoms with Gasteiger partial charge in [-0.2, -0.15) is 0 Å². The number of nitrogens with one attached hydrogen (secondary N) is 2. The first kappa shape index (κ1) is 15.7. The fourth-order valence-corrected chi connectivity index (χ4v) is 2.34. The van der Waals surface area contributed by atoms with Crippen LogP contribution < -0.4 is 16.4 Å². The van der Waals surface area contributed by atoms with Crippen LogP contribution in [0.5, 0.6) is 0 Å². The summed E-state index contributed by atoms with van der Waals surface area (Å²) in [6.45, 7) is 0. The normalized spacial score (nSPS) is 11.5. The Morgan fingerprint density at radius 2 is 1.59 bits per heavy atom. The average molecular weight is 317 g/mol. The number of hydrogen-bond donors (Lipinski definition) is 3. The summed E-state index contributed by atoms with van der Waals surface area (Å²) >= 11 is 0. The van der Waals surface area contributed by atoms with Crippen LogP contribution in [0.2, 0.25) is 0 Å². The molecule has 2 aromatic carbocycles. The lowest BCUT2D eigenvalue weighted by atomic mass is 10.2. The highest BCUT2D eigenvalue weighted by Crippen LogP contribution is 2.16. The van der Waals surface area contributed by atoms with E-state index in [1.165, 1.54) is 0 Å². The monoisotopic (exact) mass is 317 g/mol. The minimum Gasteiger partial charge on any atom is -0.351 e. The zero-order valence-corrected chi connectivity index (χ0v) is 12.6. The van der Waals surface area contributed by atoms with Crippen LogP contribution in [0, 0.1) is 0 Å². The molecule has 0 aliphatic carbocycles. The van der Waals surface area contributed by atoms with Crippen molar-refractivity contribution in [1.82, 2.24) is 0 Å². The zero-order valence-electron chi connectivity index (χ0n) is 11.8. The molecule has 0 saturated heterocycles. The molecular weight excluding hydrogens is 302 g/mol. The minimum atomic E-state index is -1.08. The maximum atomic E-state index is 12.1. The second-order valence-electron chi connectivity index (χ2n) is 4.50. The summed E-state index contributed by atoms with van der Waals surface area (Å²) in [6.07, 6.45) is 1.58. The molecule has 0 heterocycles. The van der Waals surface area contributed by atoms with Crippen LogP contribution >= 0.6 is 0 Å². The van der Waals surface area contributed by atoms with Crippen LogP contribution in [0.4, 0.5) is 16.2 Å². The van der Waals surface area contributed by atoms with Crippen LogP contribution in [-0.4, -0.2) is 22.4 Å². The molecule has 2 aromatic rings. The number of benzene rings is 2. The van der Waals surface area contributed by atoms with E-state index >= 15 is 0 Å². The Morgan fingerprint density at radius 1 is 1.00 bits per heavy atom. The third-order valence-electron chi connectivity index (χ3n) is 2.84. The number of urea groups is 1. The van der Waals surface area contributed by atoms with Crippen LogP contribution in [0.1, 0.15) is 10.4 Å². The SMILES string of the molecule is CS(=O)c1ccc(C(=O)Nc2cccc(NC(N)=O)c2)cc1. The molecule has 4 N–H and O–H groups in total. The molecule has 0 saturated carbocycles. The summed E-state index contributed by atoms with van der Waals surface area (Å²) in [7, 11) is -1.08. The Kier molecular flexibility index (Phi) is 4.90. The molecule has 114 valence electrons. The van der Waals surface area contributed by atoms with E-state index in [-0.39, 0.29) is 5.91 Å². The van der Waals surface area contributed by atoms with Crippen molar-refractivity contribution < 1.29 is 13.8 Å². The highest BCUT2D eigenvalue weighted by atomic mass is 32.2. The number of carbonyl (C=O) groups is 2. The fourth-order valence-electron chi connectivity index (χ4n) is 1.82. The summed E-state index contributed by atoms with van der Waals surface area (Å²) in [6, 6.07) is 12.5. The summed E-state index contributed by atoms with van der Waals surface area (Å²) in [5.41, 5.74) is 6.51. The van der Waals surface area contributed by atoms with Gasteiger partial charge in [-0.1, -0.05) is 6.07 Å². The molecule has 0 radical (unpaired) electrons. The fraction of sp³-hybridized carbons (Fsp3) is 0.0667. The van der Waals surface area contributed by atoms with Gasteiger partial charge in [0.1, 0.15) is 0 Å². The smallest absolute Gasteiger partial charge is 0.316 e. The van der Waals surface area contributed by atoms with Gasteiger partial charge >= 0.3 is 6.03 Å². The first-order chi connectivity index (χ1) is 10.5. The van der Waals surface area contributed by atoms with Crippen molar-refractivity contribution in [1.29, 1.82) is 0 Å². The van der Waals surface area contributed by atoms with E-state index in [9.17, 15) is 13.8 Å². The van der Waals surface area contributed by atoms with Crippen molar-refractivity contribution in [3.63, 3.8) is 0 Å². The number of primary amides is 1. The van der Waals surface area contributed by atoms with E-state index in [0.717, 1.165) is 0 Å². The summed E-state index contributed by atoms with van der Waals surface area (Å²) in [5.74, 6) is -0.301. The van der Waals surface area contributed by atoms with Gasteiger partial charge in [0.25, 0.3) is 5.91 Å². The Morgan fingerprint density at radius 3 is 2.14 bits per heavy atom. The Balaban J connectivity index is 2.11. The number of carbonyl (C=O) groups excluding carboxylic acids is 2. The van der Waals surface area contributed by atoms with E-state index in [1.54, 1.807) is 54.8 Å². The van der Waals surface area contributed by atoms with Gasteiger partial charge in [0.15, 0.2) is 0 Å². The third kappa shape index (κ3) is 4.16. The molecule has 0 aliphatic heterocycles. The summed E-state index contributed by atoms with van der Waals surface area (Å²) in [5, 5.41) is 5.15. The van der Waals surface area contributed by atoms with Gasteiger partial charge in [-0.05, 0) is 42.5 Å². The Bertz CT molecular complexity index is 729. The maximum absolute atomic E-state index is 12.1. The predicted molar refractivity (Wildman–Crippen MR) is 86.4 cm³/mol. The highest BCUT2D eigenvalue weighted by Gasteiger charge is 2.07. The van der Waals surface area contributed by atoms with Crippen molar-refractivity contribution in [3.8, 4) is 0 Å². The molecule has 0 fully saturated rings. The van der Waals surface area contributed by atoms with Crippen molar-refractivity contribution >= 4 is 34.1 Å². The van der Waals surface area contributed by atoms with Crippen LogP contribution in [0.25, 0.3) is 0 Å². The van der Waals surface area contributed by atoms with Gasteiger partial charge in [-0.3, -0.25) is 9.00 Å². The van der Waals surface area contributed by atoms with Crippen molar-refractivity contribution in [2.75, 3.05) is 16.9 Å². The Labute approximate surface area is 130 Å². The molecule has 0 aromatic heterocycles. The maximum Gasteiger partial charge on any atom is 0.316 e. The molecule has 22 heavy (non-hydrogen) atoms. The van der Waals surface area contributed by atoms with Crippen molar-refractivity contribution in [2.24, 2.45) is 5.73 Å². The van der Waals surface area contributed by atoms with Gasteiger partial charge < -0.3 is 16.4 Å². The standard InChI is InChI=1S/C15H15N3O3S/c1-22(21)13-7-5-10(6-8-13)14(19)17-11-3-2-4-12(9-11)18-15(16)20/h2-9H,1H3,(H,17,19)(H3,16,18,20). The van der Waals surface area contributed by atoms with Gasteiger partial charge in [0.05, 0.1) is 0 Å². The lowest BCUT2D eigenvalue weighted by Gasteiger charge is -2.08. The van der Waals surface area contributed by atoms with E-state index < -0.39 is 16.8 Å². The lowest BCUT2D eigenvalue weighted by Crippen LogP contribution is -2.19. The molecule has 1 atom stereocenters. The second kappa shape index (κ2) is 6.86. The highest BCUT2D eigenvalue weighted by molar-refractivity contribution is 7.84. The molecule has 3 amide bonds. The largest absolute Gasteiger partial charge is 0.351 e. The number of hydrogen-bond acceptors (Lipinski definition) is 3. The predicted octanol–water partition coefficient (Wildman–Crippen LogP) is 2.17. The van der Waals surface area contributed by atoms with Crippen molar-refractivity contribution in [3.05, 3.63) is 54.1 Å². The number of anilines is 2. The first-order valence-corrected chi connectivity index (χ1v) is 7.93. The minimum absolute atomic E-state index is 0.301. The van der Waals surface area contributed by atoms with E-state index in [4.69, 9.17) is 5.73 Å². The molecule has 0 aliphatic rings. The molecular formula is C15H15N3O3S. The molecule has 0 spiro atoms. The molecule has 7 heteroatoms. The molecule has 0 bridgehead atoms. The summed E-state index contributed by atoms with van der Waals surface area (Å²) in [4.78, 5) is 23.6. The number of rotatable bonds is 4. The lowest BCUT2D eigenvalue weighted by molar-refractivity contribution is 0.102. The van der Waals surface area contributed by atoms with Gasteiger partial charge in [-0.15, -0.1) is 0 Å². The van der Waals surface area contributed by atoms with E-state index in [0.29, 0.717) is 21.8 Å². The average Bonchev–Trinajstić information content (AvgIpc) is 2.47. The van der Waals surface area contributed by atoms with E-state index in [1.807, 2.05) is 0 Å². The van der Waals surface area contributed by atoms with Gasteiger partial charge in [0.2, 0.25) is 0 Å². The van der Waals surface area contributed by atoms with Crippen LogP contribution in [0.15, 0.2) is 53.4 Å². The van der Waals surface area contributed by atoms with Crippen LogP contribution in [-0.2, 0) is 10.8 Å².